The van der Waals surface area contributed by atoms with Gasteiger partial charge in [-0.25, -0.2) is 0 Å². The van der Waals surface area contributed by atoms with Crippen LogP contribution < -0.4 is 0 Å². The molecule has 0 amide bonds. The molecular formula is C12H23NO2. The zero-order chi connectivity index (χ0) is 10.9. The van der Waals surface area contributed by atoms with Gasteiger partial charge >= 0.3 is 0 Å². The number of hydrogen-bond acceptors (Lipinski definition) is 3. The lowest BCUT2D eigenvalue weighted by atomic mass is 9.90. The van der Waals surface area contributed by atoms with Crippen LogP contribution in [0.4, 0.5) is 0 Å². The number of hydrogen-bond donors (Lipinski definition) is 1. The van der Waals surface area contributed by atoms with Crippen molar-refractivity contribution in [1.82, 2.24) is 4.90 Å². The molecule has 0 aromatic rings. The van der Waals surface area contributed by atoms with Gasteiger partial charge in [0.1, 0.15) is 0 Å². The van der Waals surface area contributed by atoms with Crippen molar-refractivity contribution in [2.45, 2.75) is 44.8 Å². The van der Waals surface area contributed by atoms with Crippen LogP contribution in [0.1, 0.15) is 33.1 Å². The highest BCUT2D eigenvalue weighted by Crippen LogP contribution is 2.36. The number of morpholine rings is 1. The van der Waals surface area contributed by atoms with Gasteiger partial charge < -0.3 is 9.84 Å². The van der Waals surface area contributed by atoms with Crippen molar-refractivity contribution < 1.29 is 9.84 Å². The van der Waals surface area contributed by atoms with E-state index in [1.807, 2.05) is 0 Å². The van der Waals surface area contributed by atoms with Crippen LogP contribution in [0.5, 0.6) is 0 Å². The summed E-state index contributed by atoms with van der Waals surface area (Å²) in [5.74, 6) is 0.792. The van der Waals surface area contributed by atoms with Crippen molar-refractivity contribution in [2.75, 3.05) is 26.3 Å². The molecule has 3 heteroatoms. The molecular weight excluding hydrogens is 190 g/mol. The normalized spacial score (nSPS) is 26.6. The maximum Gasteiger partial charge on any atom is 0.0721 e. The third-order valence-corrected chi connectivity index (χ3v) is 3.90. The molecule has 1 saturated carbocycles. The summed E-state index contributed by atoms with van der Waals surface area (Å²) in [6.07, 6.45) is 3.42. The van der Waals surface area contributed by atoms with E-state index in [1.54, 1.807) is 0 Å². The molecule has 1 heterocycles. The van der Waals surface area contributed by atoms with E-state index < -0.39 is 0 Å². The maximum atomic E-state index is 10.3. The SMILES string of the molecule is CC(C)(C(O)CC1CC1)N1CCOCC1. The zero-order valence-electron chi connectivity index (χ0n) is 9.91. The Balaban J connectivity index is 1.89. The molecule has 1 aliphatic carbocycles. The first-order chi connectivity index (χ1) is 7.10. The molecule has 15 heavy (non-hydrogen) atoms. The van der Waals surface area contributed by atoms with Gasteiger partial charge in [-0.1, -0.05) is 12.8 Å². The first-order valence-corrected chi connectivity index (χ1v) is 6.11. The van der Waals surface area contributed by atoms with Crippen molar-refractivity contribution in [2.24, 2.45) is 5.92 Å². The van der Waals surface area contributed by atoms with Gasteiger partial charge in [-0.2, -0.15) is 0 Å². The molecule has 2 aliphatic rings. The summed E-state index contributed by atoms with van der Waals surface area (Å²) < 4.78 is 5.34. The second-order valence-corrected chi connectivity index (χ2v) is 5.45. The van der Waals surface area contributed by atoms with Crippen LogP contribution in [-0.4, -0.2) is 48.0 Å². The smallest absolute Gasteiger partial charge is 0.0721 e. The summed E-state index contributed by atoms with van der Waals surface area (Å²) in [7, 11) is 0. The summed E-state index contributed by atoms with van der Waals surface area (Å²) in [5.41, 5.74) is -0.0909. The Morgan fingerprint density at radius 3 is 2.47 bits per heavy atom. The monoisotopic (exact) mass is 213 g/mol. The minimum Gasteiger partial charge on any atom is -0.391 e. The fraction of sp³-hybridized carbons (Fsp3) is 1.00. The van der Waals surface area contributed by atoms with Gasteiger partial charge in [-0.15, -0.1) is 0 Å². The van der Waals surface area contributed by atoms with Crippen LogP contribution in [-0.2, 0) is 4.74 Å². The fourth-order valence-electron chi connectivity index (χ4n) is 2.31. The molecule has 1 unspecified atom stereocenters. The molecule has 0 aromatic carbocycles. The lowest BCUT2D eigenvalue weighted by Gasteiger charge is -2.43. The summed E-state index contributed by atoms with van der Waals surface area (Å²) in [6.45, 7) is 7.83. The van der Waals surface area contributed by atoms with E-state index in [0.29, 0.717) is 0 Å². The van der Waals surface area contributed by atoms with Crippen LogP contribution in [0.2, 0.25) is 0 Å². The van der Waals surface area contributed by atoms with E-state index in [0.717, 1.165) is 38.6 Å². The van der Waals surface area contributed by atoms with Crippen molar-refractivity contribution >= 4 is 0 Å². The van der Waals surface area contributed by atoms with Gasteiger partial charge in [0, 0.05) is 18.6 Å². The van der Waals surface area contributed by atoms with Gasteiger partial charge in [-0.3, -0.25) is 4.90 Å². The number of ether oxygens (including phenoxy) is 1. The van der Waals surface area contributed by atoms with Crippen molar-refractivity contribution in [3.8, 4) is 0 Å². The number of aliphatic hydroxyl groups excluding tert-OH is 1. The molecule has 88 valence electrons. The summed E-state index contributed by atoms with van der Waals surface area (Å²) in [6, 6.07) is 0. The van der Waals surface area contributed by atoms with Crippen molar-refractivity contribution in [1.29, 1.82) is 0 Å². The standard InChI is InChI=1S/C12H23NO2/c1-12(2,11(14)9-10-3-4-10)13-5-7-15-8-6-13/h10-11,14H,3-9H2,1-2H3. The minimum absolute atomic E-state index is 0.0909. The highest BCUT2D eigenvalue weighted by atomic mass is 16.5. The fourth-order valence-corrected chi connectivity index (χ4v) is 2.31. The predicted molar refractivity (Wildman–Crippen MR) is 59.8 cm³/mol. The Morgan fingerprint density at radius 2 is 1.93 bits per heavy atom. The lowest BCUT2D eigenvalue weighted by Crippen LogP contribution is -2.56. The molecule has 1 aliphatic heterocycles. The van der Waals surface area contributed by atoms with Crippen LogP contribution in [0.3, 0.4) is 0 Å². The third kappa shape index (κ3) is 2.71. The van der Waals surface area contributed by atoms with Crippen molar-refractivity contribution in [3.63, 3.8) is 0 Å². The predicted octanol–water partition coefficient (Wildman–Crippen LogP) is 1.26. The molecule has 0 spiro atoms. The van der Waals surface area contributed by atoms with E-state index in [1.165, 1.54) is 12.8 Å². The molecule has 0 bridgehead atoms. The van der Waals surface area contributed by atoms with E-state index in [9.17, 15) is 5.11 Å². The van der Waals surface area contributed by atoms with Crippen LogP contribution in [0.15, 0.2) is 0 Å². The number of aliphatic hydroxyl groups is 1. The second kappa shape index (κ2) is 4.40. The zero-order valence-corrected chi connectivity index (χ0v) is 9.91. The first kappa shape index (κ1) is 11.4. The van der Waals surface area contributed by atoms with Gasteiger partial charge in [-0.05, 0) is 26.2 Å². The van der Waals surface area contributed by atoms with Gasteiger partial charge in [0.15, 0.2) is 0 Å². The van der Waals surface area contributed by atoms with E-state index in [-0.39, 0.29) is 11.6 Å². The number of nitrogens with zero attached hydrogens (tertiary/aromatic N) is 1. The van der Waals surface area contributed by atoms with Crippen LogP contribution >= 0.6 is 0 Å². The minimum atomic E-state index is -0.192. The second-order valence-electron chi connectivity index (χ2n) is 5.45. The molecule has 0 radical (unpaired) electrons. The van der Waals surface area contributed by atoms with E-state index in [4.69, 9.17) is 4.74 Å². The lowest BCUT2D eigenvalue weighted by molar-refractivity contribution is -0.0652. The Kier molecular flexibility index (Phi) is 3.33. The summed E-state index contributed by atoms with van der Waals surface area (Å²) in [5, 5.41) is 10.3. The highest BCUT2D eigenvalue weighted by Gasteiger charge is 2.38. The topological polar surface area (TPSA) is 32.7 Å². The molecule has 0 aromatic heterocycles. The Labute approximate surface area is 92.4 Å². The average molecular weight is 213 g/mol. The first-order valence-electron chi connectivity index (χ1n) is 6.11. The maximum absolute atomic E-state index is 10.3. The average Bonchev–Trinajstić information content (AvgIpc) is 3.03. The summed E-state index contributed by atoms with van der Waals surface area (Å²) in [4.78, 5) is 2.36. The Morgan fingerprint density at radius 1 is 1.33 bits per heavy atom. The molecule has 1 N–H and O–H groups in total. The molecule has 2 rings (SSSR count). The van der Waals surface area contributed by atoms with Crippen molar-refractivity contribution in [3.05, 3.63) is 0 Å². The van der Waals surface area contributed by atoms with Gasteiger partial charge in [0.2, 0.25) is 0 Å². The number of rotatable bonds is 4. The molecule has 2 fully saturated rings. The van der Waals surface area contributed by atoms with Crippen LogP contribution in [0.25, 0.3) is 0 Å². The molecule has 1 saturated heterocycles. The largest absolute Gasteiger partial charge is 0.391 e. The Hall–Kier alpha value is -0.120. The van der Waals surface area contributed by atoms with Crippen LogP contribution in [0, 0.1) is 5.92 Å². The van der Waals surface area contributed by atoms with E-state index >= 15 is 0 Å². The quantitative estimate of drug-likeness (QED) is 0.763. The molecule has 3 nitrogen and oxygen atoms in total. The summed E-state index contributed by atoms with van der Waals surface area (Å²) >= 11 is 0. The van der Waals surface area contributed by atoms with Gasteiger partial charge in [0.25, 0.3) is 0 Å². The third-order valence-electron chi connectivity index (χ3n) is 3.90. The van der Waals surface area contributed by atoms with E-state index in [2.05, 4.69) is 18.7 Å². The Bertz CT molecular complexity index is 208. The highest BCUT2D eigenvalue weighted by molar-refractivity contribution is 4.92. The van der Waals surface area contributed by atoms with Gasteiger partial charge in [0.05, 0.1) is 19.3 Å². The molecule has 1 atom stereocenters.